The Morgan fingerprint density at radius 2 is 1.83 bits per heavy atom. The Morgan fingerprint density at radius 3 is 2.43 bits per heavy atom. The average Bonchev–Trinajstić information content (AvgIpc) is 3.45. The van der Waals surface area contributed by atoms with Crippen LogP contribution in [0.15, 0.2) is 42.5 Å². The quantitative estimate of drug-likeness (QED) is 0.688. The summed E-state index contributed by atoms with van der Waals surface area (Å²) in [7, 11) is 0. The second kappa shape index (κ2) is 7.78. The molecule has 2 N–H and O–H groups in total. The number of nitrogens with one attached hydrogen (secondary N) is 1. The van der Waals surface area contributed by atoms with Gasteiger partial charge in [-0.15, -0.1) is 0 Å². The third kappa shape index (κ3) is 4.93. The van der Waals surface area contributed by atoms with Crippen LogP contribution in [0.5, 0.6) is 0 Å². The van der Waals surface area contributed by atoms with Crippen molar-refractivity contribution in [2.75, 3.05) is 6.61 Å². The normalized spacial score (nSPS) is 20.4. The fourth-order valence-electron chi connectivity index (χ4n) is 3.38. The highest BCUT2D eigenvalue weighted by Gasteiger charge is 2.43. The number of amides is 1. The molecule has 0 radical (unpaired) electrons. The smallest absolute Gasteiger partial charge is 0.224 e. The van der Waals surface area contributed by atoms with E-state index in [0.29, 0.717) is 18.3 Å². The lowest BCUT2D eigenvalue weighted by Gasteiger charge is -2.26. The van der Waals surface area contributed by atoms with E-state index in [9.17, 15) is 9.90 Å². The van der Waals surface area contributed by atoms with Gasteiger partial charge in [-0.3, -0.25) is 4.79 Å². The zero-order valence-corrected chi connectivity index (χ0v) is 13.7. The predicted octanol–water partition coefficient (Wildman–Crippen LogP) is 3.09. The Kier molecular flexibility index (Phi) is 5.50. The number of carbonyl (C=O) groups is 1. The minimum absolute atomic E-state index is 0.0883. The Bertz CT molecular complexity index is 532. The van der Waals surface area contributed by atoms with Crippen LogP contribution >= 0.6 is 0 Å². The molecule has 0 heterocycles. The zero-order chi connectivity index (χ0) is 16.1. The molecule has 0 aromatic heterocycles. The third-order valence-corrected chi connectivity index (χ3v) is 5.02. The van der Waals surface area contributed by atoms with Gasteiger partial charge in [-0.25, -0.2) is 0 Å². The van der Waals surface area contributed by atoms with E-state index >= 15 is 0 Å². The van der Waals surface area contributed by atoms with Gasteiger partial charge in [-0.1, -0.05) is 42.5 Å². The summed E-state index contributed by atoms with van der Waals surface area (Å²) in [6.07, 6.45) is 10.1. The standard InChI is InChI=1S/C20H27NO2/c22-14-18(16-10-11-16)20(17-12-13-17)21-19(23)9-5-4-8-15-6-2-1-3-7-15/h1-7,16-18,20,22H,8-14H2,(H,21,23)/b5-4+. The van der Waals surface area contributed by atoms with Crippen molar-refractivity contribution in [3.63, 3.8) is 0 Å². The maximum Gasteiger partial charge on any atom is 0.224 e. The number of benzene rings is 1. The molecule has 0 spiro atoms. The number of aliphatic hydroxyl groups excluding tert-OH is 1. The molecule has 1 amide bonds. The molecule has 3 nitrogen and oxygen atoms in total. The molecule has 2 aliphatic rings. The lowest BCUT2D eigenvalue weighted by Crippen LogP contribution is -2.44. The van der Waals surface area contributed by atoms with E-state index in [4.69, 9.17) is 0 Å². The van der Waals surface area contributed by atoms with Gasteiger partial charge in [-0.05, 0) is 49.5 Å². The maximum absolute atomic E-state index is 12.2. The van der Waals surface area contributed by atoms with Crippen LogP contribution in [0.4, 0.5) is 0 Å². The van der Waals surface area contributed by atoms with Gasteiger partial charge in [0, 0.05) is 25.0 Å². The second-order valence-corrected chi connectivity index (χ2v) is 6.98. The van der Waals surface area contributed by atoms with Crippen molar-refractivity contribution >= 4 is 5.91 Å². The molecule has 3 heteroatoms. The van der Waals surface area contributed by atoms with E-state index in [0.717, 1.165) is 6.42 Å². The average molecular weight is 313 g/mol. The van der Waals surface area contributed by atoms with Crippen molar-refractivity contribution in [3.05, 3.63) is 48.0 Å². The van der Waals surface area contributed by atoms with Gasteiger partial charge in [0.2, 0.25) is 5.91 Å². The van der Waals surface area contributed by atoms with Gasteiger partial charge >= 0.3 is 0 Å². The van der Waals surface area contributed by atoms with E-state index in [1.807, 2.05) is 24.3 Å². The van der Waals surface area contributed by atoms with Crippen LogP contribution in [0.2, 0.25) is 0 Å². The van der Waals surface area contributed by atoms with E-state index < -0.39 is 0 Å². The summed E-state index contributed by atoms with van der Waals surface area (Å²) in [4.78, 5) is 12.2. The van der Waals surface area contributed by atoms with Crippen molar-refractivity contribution in [2.45, 2.75) is 44.6 Å². The molecule has 1 aromatic carbocycles. The lowest BCUT2D eigenvalue weighted by molar-refractivity contribution is -0.121. The molecule has 1 aromatic rings. The first-order valence-corrected chi connectivity index (χ1v) is 8.87. The highest BCUT2D eigenvalue weighted by molar-refractivity contribution is 5.77. The summed E-state index contributed by atoms with van der Waals surface area (Å²) in [6.45, 7) is 0.204. The summed E-state index contributed by atoms with van der Waals surface area (Å²) in [5.74, 6) is 1.56. The molecule has 3 rings (SSSR count). The maximum atomic E-state index is 12.2. The number of carbonyl (C=O) groups excluding carboxylic acids is 1. The van der Waals surface area contributed by atoms with Crippen molar-refractivity contribution in [1.82, 2.24) is 5.32 Å². The first-order valence-electron chi connectivity index (χ1n) is 8.87. The molecular weight excluding hydrogens is 286 g/mol. The summed E-state index contributed by atoms with van der Waals surface area (Å²) < 4.78 is 0. The SMILES string of the molecule is O=C(C/C=C/Cc1ccccc1)NC(C1CC1)C(CO)C1CC1. The van der Waals surface area contributed by atoms with Crippen LogP contribution in [0, 0.1) is 17.8 Å². The van der Waals surface area contributed by atoms with Crippen molar-refractivity contribution in [1.29, 1.82) is 0 Å². The Balaban J connectivity index is 1.45. The monoisotopic (exact) mass is 313 g/mol. The molecular formula is C20H27NO2. The van der Waals surface area contributed by atoms with Crippen LogP contribution < -0.4 is 5.32 Å². The molecule has 124 valence electrons. The fourth-order valence-corrected chi connectivity index (χ4v) is 3.38. The highest BCUT2D eigenvalue weighted by Crippen LogP contribution is 2.44. The number of hydrogen-bond acceptors (Lipinski definition) is 2. The van der Waals surface area contributed by atoms with Crippen LogP contribution in [-0.2, 0) is 11.2 Å². The first-order chi connectivity index (χ1) is 11.3. The fraction of sp³-hybridized carbons (Fsp3) is 0.550. The van der Waals surface area contributed by atoms with Gasteiger partial charge in [-0.2, -0.15) is 0 Å². The van der Waals surface area contributed by atoms with E-state index in [-0.39, 0.29) is 24.5 Å². The Morgan fingerprint density at radius 1 is 1.13 bits per heavy atom. The molecule has 0 bridgehead atoms. The van der Waals surface area contributed by atoms with E-state index in [1.165, 1.54) is 31.2 Å². The first kappa shape index (κ1) is 16.3. The largest absolute Gasteiger partial charge is 0.396 e. The highest BCUT2D eigenvalue weighted by atomic mass is 16.3. The predicted molar refractivity (Wildman–Crippen MR) is 91.9 cm³/mol. The van der Waals surface area contributed by atoms with Crippen LogP contribution in [-0.4, -0.2) is 23.7 Å². The Hall–Kier alpha value is -1.61. The van der Waals surface area contributed by atoms with Crippen molar-refractivity contribution in [2.24, 2.45) is 17.8 Å². The summed E-state index contributed by atoms with van der Waals surface area (Å²) in [5.41, 5.74) is 1.26. The second-order valence-electron chi connectivity index (χ2n) is 6.98. The summed E-state index contributed by atoms with van der Waals surface area (Å²) in [5, 5.41) is 12.9. The topological polar surface area (TPSA) is 49.3 Å². The van der Waals surface area contributed by atoms with Gasteiger partial charge in [0.05, 0.1) is 0 Å². The molecule has 2 atom stereocenters. The van der Waals surface area contributed by atoms with Gasteiger partial charge < -0.3 is 10.4 Å². The molecule has 0 aliphatic heterocycles. The van der Waals surface area contributed by atoms with Crippen molar-refractivity contribution in [3.8, 4) is 0 Å². The summed E-state index contributed by atoms with van der Waals surface area (Å²) in [6, 6.07) is 10.4. The molecule has 2 unspecified atom stereocenters. The van der Waals surface area contributed by atoms with Crippen molar-refractivity contribution < 1.29 is 9.90 Å². The van der Waals surface area contributed by atoms with E-state index in [1.54, 1.807) is 0 Å². The molecule has 2 saturated carbocycles. The molecule has 2 aliphatic carbocycles. The lowest BCUT2D eigenvalue weighted by atomic mass is 9.91. The molecule has 23 heavy (non-hydrogen) atoms. The van der Waals surface area contributed by atoms with Gasteiger partial charge in [0.25, 0.3) is 0 Å². The van der Waals surface area contributed by atoms with Crippen LogP contribution in [0.1, 0.15) is 37.7 Å². The van der Waals surface area contributed by atoms with Gasteiger partial charge in [0.1, 0.15) is 0 Å². The van der Waals surface area contributed by atoms with Gasteiger partial charge in [0.15, 0.2) is 0 Å². The Labute approximate surface area is 138 Å². The molecule has 0 saturated heterocycles. The number of hydrogen-bond donors (Lipinski definition) is 2. The summed E-state index contributed by atoms with van der Waals surface area (Å²) >= 11 is 0. The number of aliphatic hydroxyl groups is 1. The third-order valence-electron chi connectivity index (χ3n) is 5.02. The zero-order valence-electron chi connectivity index (χ0n) is 13.7. The molecule has 2 fully saturated rings. The number of allylic oxidation sites excluding steroid dienone is 1. The number of rotatable bonds is 9. The van der Waals surface area contributed by atoms with Crippen LogP contribution in [0.3, 0.4) is 0 Å². The van der Waals surface area contributed by atoms with E-state index in [2.05, 4.69) is 23.5 Å². The minimum atomic E-state index is 0.0883. The minimum Gasteiger partial charge on any atom is -0.396 e. The van der Waals surface area contributed by atoms with Crippen LogP contribution in [0.25, 0.3) is 0 Å².